The third-order valence-electron chi connectivity index (χ3n) is 8.70. The van der Waals surface area contributed by atoms with E-state index in [0.717, 1.165) is 82.0 Å². The van der Waals surface area contributed by atoms with Gasteiger partial charge in [-0.1, -0.05) is 19.9 Å². The van der Waals surface area contributed by atoms with Gasteiger partial charge in [-0.15, -0.1) is 0 Å². The maximum absolute atomic E-state index is 13.1. The molecule has 2 fully saturated rings. The lowest BCUT2D eigenvalue weighted by Crippen LogP contribution is -2.49. The smallest absolute Gasteiger partial charge is 0.225 e. The number of carbonyl (C=O) groups excluding carboxylic acids is 1. The first-order valence-corrected chi connectivity index (χ1v) is 15.4. The third kappa shape index (κ3) is 9.04. The van der Waals surface area contributed by atoms with Crippen LogP contribution < -0.4 is 20.3 Å². The van der Waals surface area contributed by atoms with Crippen molar-refractivity contribution in [3.05, 3.63) is 23.8 Å². The summed E-state index contributed by atoms with van der Waals surface area (Å²) >= 11 is 0. The zero-order chi connectivity index (χ0) is 29.5. The highest BCUT2D eigenvalue weighted by molar-refractivity contribution is 5.81. The van der Waals surface area contributed by atoms with E-state index in [4.69, 9.17) is 23.7 Å². The van der Waals surface area contributed by atoms with Crippen LogP contribution in [0.15, 0.2) is 18.2 Å². The molecule has 3 aliphatic heterocycles. The quantitative estimate of drug-likeness (QED) is 0.342. The van der Waals surface area contributed by atoms with Gasteiger partial charge in [-0.3, -0.25) is 4.79 Å². The number of nitrogens with one attached hydrogen (secondary N) is 2. The second-order valence-corrected chi connectivity index (χ2v) is 13.2. The molecule has 2 unspecified atom stereocenters. The molecule has 2 N–H and O–H groups in total. The Bertz CT molecular complexity index is 978. The topological polar surface area (TPSA) is 90.5 Å². The van der Waals surface area contributed by atoms with E-state index in [0.29, 0.717) is 31.7 Å². The molecule has 0 aliphatic carbocycles. The minimum atomic E-state index is -0.450. The molecule has 4 atom stereocenters. The first-order chi connectivity index (χ1) is 19.6. The Balaban J connectivity index is 1.22. The molecule has 0 aromatic heterocycles. The van der Waals surface area contributed by atoms with E-state index < -0.39 is 5.41 Å². The number of rotatable bonds is 13. The van der Waals surface area contributed by atoms with Gasteiger partial charge in [-0.25, -0.2) is 0 Å². The normalized spacial score (nSPS) is 26.2. The van der Waals surface area contributed by atoms with Crippen LogP contribution in [0.1, 0.15) is 65.4 Å². The van der Waals surface area contributed by atoms with Crippen LogP contribution in [0.2, 0.25) is 0 Å². The molecule has 1 aromatic rings. The van der Waals surface area contributed by atoms with E-state index in [1.54, 1.807) is 14.2 Å². The Morgan fingerprint density at radius 3 is 2.78 bits per heavy atom. The molecule has 3 aliphatic rings. The number of methoxy groups -OCH3 is 2. The van der Waals surface area contributed by atoms with Crippen molar-refractivity contribution < 1.29 is 28.5 Å². The highest BCUT2D eigenvalue weighted by atomic mass is 16.5. The standard InChI is InChI=1S/C32H53N3O6/c1-31(2,30(36)34-18-24-12-15-39-21-29(24)38-6)17-25-9-10-26(19-33-25)40-20-23-8-11-28-27(16-23)35(13-7-14-37-5)22-32(3,4)41-28/h8,11,16,24-26,29,33H,7,9-10,12-15,17-22H2,1-6H3,(H,34,36)/t24?,25?,26-,29+/m1/s1. The molecule has 9 heteroatoms. The maximum Gasteiger partial charge on any atom is 0.225 e. The molecule has 0 radical (unpaired) electrons. The van der Waals surface area contributed by atoms with Crippen LogP contribution in [0.25, 0.3) is 0 Å². The molecular weight excluding hydrogens is 522 g/mol. The van der Waals surface area contributed by atoms with Gasteiger partial charge in [-0.05, 0) is 63.6 Å². The largest absolute Gasteiger partial charge is 0.484 e. The van der Waals surface area contributed by atoms with Crippen LogP contribution in [0.5, 0.6) is 5.75 Å². The van der Waals surface area contributed by atoms with E-state index in [2.05, 4.69) is 47.6 Å². The maximum atomic E-state index is 13.1. The molecule has 232 valence electrons. The third-order valence-corrected chi connectivity index (χ3v) is 8.70. The summed E-state index contributed by atoms with van der Waals surface area (Å²) in [5.41, 5.74) is 1.62. The average molecular weight is 576 g/mol. The summed E-state index contributed by atoms with van der Waals surface area (Å²) in [6, 6.07) is 6.71. The van der Waals surface area contributed by atoms with Gasteiger partial charge in [0, 0.05) is 64.4 Å². The first kappa shape index (κ1) is 32.0. The summed E-state index contributed by atoms with van der Waals surface area (Å²) in [4.78, 5) is 15.5. The second-order valence-electron chi connectivity index (χ2n) is 13.2. The molecule has 3 heterocycles. The van der Waals surface area contributed by atoms with Gasteiger partial charge in [0.25, 0.3) is 0 Å². The zero-order valence-corrected chi connectivity index (χ0v) is 26.1. The summed E-state index contributed by atoms with van der Waals surface area (Å²) in [7, 11) is 3.46. The molecule has 0 saturated carbocycles. The molecule has 2 saturated heterocycles. The van der Waals surface area contributed by atoms with E-state index in [1.165, 1.54) is 0 Å². The Labute approximate surface area is 246 Å². The monoisotopic (exact) mass is 575 g/mol. The first-order valence-electron chi connectivity index (χ1n) is 15.4. The predicted molar refractivity (Wildman–Crippen MR) is 161 cm³/mol. The number of fused-ring (bicyclic) bond motifs is 1. The van der Waals surface area contributed by atoms with Crippen LogP contribution in [0.3, 0.4) is 0 Å². The second kappa shape index (κ2) is 14.5. The molecule has 0 spiro atoms. The zero-order valence-electron chi connectivity index (χ0n) is 26.1. The number of piperidine rings is 1. The molecule has 0 bridgehead atoms. The van der Waals surface area contributed by atoms with Crippen molar-refractivity contribution in [3.8, 4) is 5.75 Å². The van der Waals surface area contributed by atoms with Gasteiger partial charge in [0.2, 0.25) is 5.91 Å². The number of anilines is 1. The van der Waals surface area contributed by atoms with Crippen LogP contribution in [0.4, 0.5) is 5.69 Å². The number of amides is 1. The van der Waals surface area contributed by atoms with Crippen molar-refractivity contribution in [2.75, 3.05) is 65.1 Å². The highest BCUT2D eigenvalue weighted by Crippen LogP contribution is 2.38. The molecule has 9 nitrogen and oxygen atoms in total. The summed E-state index contributed by atoms with van der Waals surface area (Å²) < 4.78 is 28.9. The van der Waals surface area contributed by atoms with Gasteiger partial charge in [0.1, 0.15) is 11.4 Å². The van der Waals surface area contributed by atoms with E-state index in [-0.39, 0.29) is 23.7 Å². The molecule has 41 heavy (non-hydrogen) atoms. The number of nitrogens with zero attached hydrogens (tertiary/aromatic N) is 1. The molecule has 1 amide bonds. The fourth-order valence-electron chi connectivity index (χ4n) is 6.30. The Morgan fingerprint density at radius 2 is 2.05 bits per heavy atom. The van der Waals surface area contributed by atoms with Crippen molar-refractivity contribution in [1.82, 2.24) is 10.6 Å². The minimum absolute atomic E-state index is 0.0470. The van der Waals surface area contributed by atoms with Gasteiger partial charge >= 0.3 is 0 Å². The Morgan fingerprint density at radius 1 is 1.22 bits per heavy atom. The number of ether oxygens (including phenoxy) is 5. The summed E-state index contributed by atoms with van der Waals surface area (Å²) in [5.74, 6) is 1.34. The van der Waals surface area contributed by atoms with Gasteiger partial charge in [0.05, 0.1) is 37.7 Å². The number of carbonyl (C=O) groups is 1. The predicted octanol–water partition coefficient (Wildman–Crippen LogP) is 3.92. The number of hydrogen-bond acceptors (Lipinski definition) is 8. The SMILES string of the molecule is COCCCN1CC(C)(C)Oc2ccc(CO[C@@H]3CCC(CC(C)(C)C(=O)NCC4CCOC[C@@H]4OC)NC3)cc21. The van der Waals surface area contributed by atoms with Crippen LogP contribution in [-0.4, -0.2) is 90.0 Å². The fourth-order valence-corrected chi connectivity index (χ4v) is 6.30. The van der Waals surface area contributed by atoms with Crippen molar-refractivity contribution in [3.63, 3.8) is 0 Å². The molecule has 1 aromatic carbocycles. The molecule has 4 rings (SSSR count). The summed E-state index contributed by atoms with van der Waals surface area (Å²) in [6.45, 7) is 14.2. The lowest BCUT2D eigenvalue weighted by Gasteiger charge is -2.41. The lowest BCUT2D eigenvalue weighted by atomic mass is 9.82. The summed E-state index contributed by atoms with van der Waals surface area (Å²) in [5, 5.41) is 6.84. The molecular formula is C32H53N3O6. The Hall–Kier alpha value is -1.91. The van der Waals surface area contributed by atoms with Crippen LogP contribution in [-0.2, 0) is 30.3 Å². The van der Waals surface area contributed by atoms with Gasteiger partial charge in [0.15, 0.2) is 0 Å². The van der Waals surface area contributed by atoms with Crippen LogP contribution in [0, 0.1) is 11.3 Å². The number of benzene rings is 1. The Kier molecular flexibility index (Phi) is 11.3. The average Bonchev–Trinajstić information content (AvgIpc) is 2.95. The van der Waals surface area contributed by atoms with E-state index >= 15 is 0 Å². The van der Waals surface area contributed by atoms with Crippen LogP contribution >= 0.6 is 0 Å². The van der Waals surface area contributed by atoms with Crippen molar-refractivity contribution in [2.24, 2.45) is 11.3 Å². The van der Waals surface area contributed by atoms with E-state index in [9.17, 15) is 4.79 Å². The number of hydrogen-bond donors (Lipinski definition) is 2. The summed E-state index contributed by atoms with van der Waals surface area (Å²) in [6.07, 6.45) is 4.87. The van der Waals surface area contributed by atoms with Crippen molar-refractivity contribution in [1.29, 1.82) is 0 Å². The minimum Gasteiger partial charge on any atom is -0.484 e. The van der Waals surface area contributed by atoms with E-state index in [1.807, 2.05) is 13.8 Å². The van der Waals surface area contributed by atoms with Crippen molar-refractivity contribution in [2.45, 2.75) is 90.3 Å². The fraction of sp³-hybridized carbons (Fsp3) is 0.781. The van der Waals surface area contributed by atoms with Gasteiger partial charge < -0.3 is 39.2 Å². The van der Waals surface area contributed by atoms with Crippen molar-refractivity contribution >= 4 is 11.6 Å². The highest BCUT2D eigenvalue weighted by Gasteiger charge is 2.35. The lowest BCUT2D eigenvalue weighted by molar-refractivity contribution is -0.131. The van der Waals surface area contributed by atoms with Gasteiger partial charge in [-0.2, -0.15) is 0 Å².